The maximum Gasteiger partial charge on any atom is 0.244 e. The zero-order valence-electron chi connectivity index (χ0n) is 18.0. The van der Waals surface area contributed by atoms with E-state index in [2.05, 4.69) is 29.6 Å². The molecule has 0 spiro atoms. The molecule has 5 heteroatoms. The minimum absolute atomic E-state index is 0.00925. The number of hydrogen-bond donors (Lipinski definition) is 1. The highest BCUT2D eigenvalue weighted by Gasteiger charge is 2.30. The van der Waals surface area contributed by atoms with E-state index < -0.39 is 0 Å². The summed E-state index contributed by atoms with van der Waals surface area (Å²) in [6.07, 6.45) is 0.346. The van der Waals surface area contributed by atoms with Gasteiger partial charge in [0.25, 0.3) is 0 Å². The van der Waals surface area contributed by atoms with E-state index in [9.17, 15) is 9.59 Å². The third-order valence-corrected chi connectivity index (χ3v) is 6.82. The van der Waals surface area contributed by atoms with E-state index in [0.717, 1.165) is 38.5 Å². The lowest BCUT2D eigenvalue weighted by molar-refractivity contribution is -0.121. The molecular weight excluding hydrogens is 404 g/mol. The number of fused-ring (bicyclic) bond motifs is 1. The van der Waals surface area contributed by atoms with Gasteiger partial charge < -0.3 is 10.2 Å². The summed E-state index contributed by atoms with van der Waals surface area (Å²) < 4.78 is 0. The van der Waals surface area contributed by atoms with Crippen LogP contribution in [0.3, 0.4) is 0 Å². The molecule has 1 N–H and O–H groups in total. The first-order valence-electron chi connectivity index (χ1n) is 10.4. The van der Waals surface area contributed by atoms with Gasteiger partial charge in [0.05, 0.1) is 5.69 Å². The fourth-order valence-electron chi connectivity index (χ4n) is 4.10. The summed E-state index contributed by atoms with van der Waals surface area (Å²) in [5.74, 6) is -0.236. The van der Waals surface area contributed by atoms with E-state index in [1.165, 1.54) is 0 Å². The number of rotatable bonds is 4. The Morgan fingerprint density at radius 3 is 2.35 bits per heavy atom. The predicted octanol–water partition coefficient (Wildman–Crippen LogP) is 5.82. The maximum atomic E-state index is 13.3. The molecule has 0 fully saturated rings. The fraction of sp³-hybridized carbons (Fsp3) is 0.231. The molecule has 0 radical (unpaired) electrons. The quantitative estimate of drug-likeness (QED) is 0.567. The normalized spacial score (nSPS) is 15.9. The van der Waals surface area contributed by atoms with Crippen molar-refractivity contribution in [2.75, 3.05) is 16.8 Å². The lowest BCUT2D eigenvalue weighted by Gasteiger charge is -2.23. The van der Waals surface area contributed by atoms with Gasteiger partial charge >= 0.3 is 0 Å². The molecule has 4 nitrogen and oxygen atoms in total. The van der Waals surface area contributed by atoms with Gasteiger partial charge in [-0.05, 0) is 49.6 Å². The highest BCUT2D eigenvalue weighted by Crippen LogP contribution is 2.45. The van der Waals surface area contributed by atoms with Gasteiger partial charge in [-0.25, -0.2) is 0 Å². The zero-order valence-corrected chi connectivity index (χ0v) is 18.8. The van der Waals surface area contributed by atoms with Gasteiger partial charge in [-0.15, -0.1) is 11.8 Å². The van der Waals surface area contributed by atoms with Crippen molar-refractivity contribution in [2.24, 2.45) is 0 Å². The molecule has 3 aromatic rings. The van der Waals surface area contributed by atoms with Crippen LogP contribution >= 0.6 is 11.8 Å². The van der Waals surface area contributed by atoms with E-state index in [1.54, 1.807) is 16.7 Å². The van der Waals surface area contributed by atoms with Crippen LogP contribution in [0.15, 0.2) is 71.6 Å². The van der Waals surface area contributed by atoms with Crippen molar-refractivity contribution in [1.29, 1.82) is 0 Å². The molecule has 1 heterocycles. The first kappa shape index (κ1) is 21.2. The summed E-state index contributed by atoms with van der Waals surface area (Å²) in [7, 11) is 0. The molecule has 2 amide bonds. The molecule has 0 saturated heterocycles. The fourth-order valence-corrected chi connectivity index (χ4v) is 5.39. The Hall–Kier alpha value is -3.05. The van der Waals surface area contributed by atoms with Crippen molar-refractivity contribution in [3.05, 3.63) is 89.0 Å². The van der Waals surface area contributed by atoms with Gasteiger partial charge in [-0.1, -0.05) is 60.2 Å². The molecule has 1 aliphatic rings. The third-order valence-electron chi connectivity index (χ3n) is 5.50. The van der Waals surface area contributed by atoms with E-state index in [1.807, 2.05) is 63.2 Å². The monoisotopic (exact) mass is 430 g/mol. The Labute approximate surface area is 187 Å². The van der Waals surface area contributed by atoms with Gasteiger partial charge in [0.2, 0.25) is 11.8 Å². The van der Waals surface area contributed by atoms with Crippen molar-refractivity contribution in [3.63, 3.8) is 0 Å². The number of para-hydroxylation sites is 1. The minimum Gasteiger partial charge on any atom is -0.324 e. The van der Waals surface area contributed by atoms with Crippen LogP contribution in [0.25, 0.3) is 0 Å². The van der Waals surface area contributed by atoms with E-state index >= 15 is 0 Å². The van der Waals surface area contributed by atoms with Crippen molar-refractivity contribution in [1.82, 2.24) is 0 Å². The predicted molar refractivity (Wildman–Crippen MR) is 128 cm³/mol. The summed E-state index contributed by atoms with van der Waals surface area (Å²) in [4.78, 5) is 28.9. The SMILES string of the molecule is Cc1cc(C)c(NC(=O)CN2C(=O)C[C@H](c3ccccc3)Sc3ccccc32)c(C)c1. The summed E-state index contributed by atoms with van der Waals surface area (Å²) in [5.41, 5.74) is 5.94. The topological polar surface area (TPSA) is 49.4 Å². The minimum atomic E-state index is -0.193. The molecule has 0 aliphatic carbocycles. The van der Waals surface area contributed by atoms with Crippen LogP contribution in [0, 0.1) is 20.8 Å². The van der Waals surface area contributed by atoms with Gasteiger partial charge in [-0.3, -0.25) is 9.59 Å². The average Bonchev–Trinajstić information content (AvgIpc) is 2.88. The Morgan fingerprint density at radius 1 is 1.00 bits per heavy atom. The third kappa shape index (κ3) is 4.67. The molecule has 0 bridgehead atoms. The van der Waals surface area contributed by atoms with Crippen molar-refractivity contribution in [2.45, 2.75) is 37.3 Å². The molecule has 4 rings (SSSR count). The second-order valence-corrected chi connectivity index (χ2v) is 9.24. The summed E-state index contributed by atoms with van der Waals surface area (Å²) in [6, 6.07) is 22.0. The molecule has 1 atom stereocenters. The smallest absolute Gasteiger partial charge is 0.244 e. The van der Waals surface area contributed by atoms with Crippen molar-refractivity contribution < 1.29 is 9.59 Å². The van der Waals surface area contributed by atoms with Crippen LogP contribution < -0.4 is 10.2 Å². The molecule has 0 unspecified atom stereocenters. The molecule has 1 aliphatic heterocycles. The second kappa shape index (κ2) is 8.98. The van der Waals surface area contributed by atoms with E-state index in [4.69, 9.17) is 0 Å². The lowest BCUT2D eigenvalue weighted by atomic mass is 10.1. The first-order valence-corrected chi connectivity index (χ1v) is 11.3. The number of nitrogens with zero attached hydrogens (tertiary/aromatic N) is 1. The number of anilines is 2. The van der Waals surface area contributed by atoms with Crippen LogP contribution in [0.1, 0.15) is 33.9 Å². The molecular formula is C26H26N2O2S. The molecule has 31 heavy (non-hydrogen) atoms. The standard InChI is InChI=1S/C26H26N2O2S/c1-17-13-18(2)26(19(3)14-17)27-24(29)16-28-21-11-7-8-12-22(21)31-23(15-25(28)30)20-9-5-4-6-10-20/h4-14,23H,15-16H2,1-3H3,(H,27,29)/t23-/m1/s1. The number of carbonyl (C=O) groups is 2. The van der Waals surface area contributed by atoms with E-state index in [-0.39, 0.29) is 23.6 Å². The summed E-state index contributed by atoms with van der Waals surface area (Å²) in [6.45, 7) is 6.01. The number of carbonyl (C=O) groups excluding carboxylic acids is 2. The summed E-state index contributed by atoms with van der Waals surface area (Å²) in [5, 5.41) is 3.05. The lowest BCUT2D eigenvalue weighted by Crippen LogP contribution is -2.38. The van der Waals surface area contributed by atoms with Gasteiger partial charge in [-0.2, -0.15) is 0 Å². The van der Waals surface area contributed by atoms with Crippen LogP contribution in [0.5, 0.6) is 0 Å². The molecule has 3 aromatic carbocycles. The van der Waals surface area contributed by atoms with Crippen molar-refractivity contribution in [3.8, 4) is 0 Å². The largest absolute Gasteiger partial charge is 0.324 e. The van der Waals surface area contributed by atoms with Gasteiger partial charge in [0, 0.05) is 22.3 Å². The highest BCUT2D eigenvalue weighted by molar-refractivity contribution is 7.99. The second-order valence-electron chi connectivity index (χ2n) is 7.99. The van der Waals surface area contributed by atoms with E-state index in [0.29, 0.717) is 6.42 Å². The van der Waals surface area contributed by atoms with Crippen LogP contribution in [0.2, 0.25) is 0 Å². The summed E-state index contributed by atoms with van der Waals surface area (Å²) >= 11 is 1.68. The number of amides is 2. The van der Waals surface area contributed by atoms with Crippen LogP contribution in [0.4, 0.5) is 11.4 Å². The van der Waals surface area contributed by atoms with Crippen LogP contribution in [-0.2, 0) is 9.59 Å². The first-order chi connectivity index (χ1) is 14.9. The van der Waals surface area contributed by atoms with Crippen LogP contribution in [-0.4, -0.2) is 18.4 Å². The average molecular weight is 431 g/mol. The Morgan fingerprint density at radius 2 is 1.65 bits per heavy atom. The number of aryl methyl sites for hydroxylation is 3. The Balaban J connectivity index is 1.60. The number of benzene rings is 3. The zero-order chi connectivity index (χ0) is 22.0. The van der Waals surface area contributed by atoms with Crippen molar-refractivity contribution >= 4 is 35.0 Å². The number of hydrogen-bond acceptors (Lipinski definition) is 3. The molecule has 0 aromatic heterocycles. The van der Waals surface area contributed by atoms with Gasteiger partial charge in [0.15, 0.2) is 0 Å². The highest BCUT2D eigenvalue weighted by atomic mass is 32.2. The number of thioether (sulfide) groups is 1. The Bertz CT molecular complexity index is 1100. The molecule has 158 valence electrons. The molecule has 0 saturated carbocycles. The van der Waals surface area contributed by atoms with Gasteiger partial charge in [0.1, 0.15) is 6.54 Å². The maximum absolute atomic E-state index is 13.3. The number of nitrogens with one attached hydrogen (secondary N) is 1. The Kier molecular flexibility index (Phi) is 6.14.